The maximum atomic E-state index is 12.3. The fraction of sp³-hybridized carbons (Fsp3) is 0.333. The lowest BCUT2D eigenvalue weighted by Gasteiger charge is -2.28. The van der Waals surface area contributed by atoms with Crippen LogP contribution in [0.3, 0.4) is 0 Å². The minimum Gasteiger partial charge on any atom is -0.352 e. The van der Waals surface area contributed by atoms with E-state index in [0.29, 0.717) is 18.8 Å². The van der Waals surface area contributed by atoms with Crippen LogP contribution in [-0.2, 0) is 21.4 Å². The van der Waals surface area contributed by atoms with Crippen LogP contribution < -0.4 is 9.62 Å². The van der Waals surface area contributed by atoms with Crippen molar-refractivity contribution in [2.45, 2.75) is 19.5 Å². The minimum atomic E-state index is -3.57. The molecule has 0 aliphatic rings. The van der Waals surface area contributed by atoms with Crippen LogP contribution in [-0.4, -0.2) is 42.7 Å². The zero-order chi connectivity index (χ0) is 16.9. The number of amides is 1. The quantitative estimate of drug-likeness (QED) is 0.812. The molecule has 0 saturated heterocycles. The number of hydrogen-bond donors (Lipinski definition) is 1. The van der Waals surface area contributed by atoms with Gasteiger partial charge in [0.15, 0.2) is 0 Å². The molecule has 1 N–H and O–H groups in total. The molecule has 0 spiro atoms. The third-order valence-electron chi connectivity index (χ3n) is 3.33. The zero-order valence-corrected chi connectivity index (χ0v) is 13.9. The second-order valence-electron chi connectivity index (χ2n) is 5.16. The Morgan fingerprint density at radius 2 is 2.04 bits per heavy atom. The van der Waals surface area contributed by atoms with Crippen LogP contribution in [0.15, 0.2) is 49.1 Å². The van der Waals surface area contributed by atoms with Crippen molar-refractivity contribution in [2.75, 3.05) is 17.1 Å². The standard InChI is InChI=1S/C15H20N4O3S/c1-13(15(20)17-9-11-18-10-8-16-12-18)19(23(2,21)22)14-6-4-3-5-7-14/h3-8,10,12-13H,9,11H2,1-2H3,(H,17,20). The largest absolute Gasteiger partial charge is 0.352 e. The molecule has 2 aromatic rings. The molecular weight excluding hydrogens is 316 g/mol. The Morgan fingerprint density at radius 1 is 1.35 bits per heavy atom. The first-order valence-electron chi connectivity index (χ1n) is 7.17. The van der Waals surface area contributed by atoms with Crippen molar-refractivity contribution < 1.29 is 13.2 Å². The minimum absolute atomic E-state index is 0.348. The number of para-hydroxylation sites is 1. The van der Waals surface area contributed by atoms with Gasteiger partial charge >= 0.3 is 0 Å². The zero-order valence-electron chi connectivity index (χ0n) is 13.1. The highest BCUT2D eigenvalue weighted by Crippen LogP contribution is 2.20. The van der Waals surface area contributed by atoms with Gasteiger partial charge in [0.2, 0.25) is 15.9 Å². The molecule has 124 valence electrons. The summed E-state index contributed by atoms with van der Waals surface area (Å²) in [5.41, 5.74) is 0.465. The predicted molar refractivity (Wildman–Crippen MR) is 88.5 cm³/mol. The maximum Gasteiger partial charge on any atom is 0.243 e. The Morgan fingerprint density at radius 3 is 2.61 bits per heavy atom. The van der Waals surface area contributed by atoms with Crippen LogP contribution in [0.5, 0.6) is 0 Å². The Hall–Kier alpha value is -2.35. The average Bonchev–Trinajstić information content (AvgIpc) is 3.00. The molecule has 1 aromatic carbocycles. The van der Waals surface area contributed by atoms with E-state index in [1.54, 1.807) is 56.0 Å². The lowest BCUT2D eigenvalue weighted by Crippen LogP contribution is -2.48. The first-order chi connectivity index (χ1) is 10.9. The molecule has 1 amide bonds. The second kappa shape index (κ2) is 7.28. The van der Waals surface area contributed by atoms with E-state index in [-0.39, 0.29) is 5.91 Å². The Balaban J connectivity index is 2.05. The normalized spacial score (nSPS) is 12.6. The number of hydrogen-bond acceptors (Lipinski definition) is 4. The van der Waals surface area contributed by atoms with E-state index in [1.165, 1.54) is 0 Å². The lowest BCUT2D eigenvalue weighted by atomic mass is 10.2. The second-order valence-corrected chi connectivity index (χ2v) is 7.02. The summed E-state index contributed by atoms with van der Waals surface area (Å²) in [7, 11) is -3.57. The fourth-order valence-electron chi connectivity index (χ4n) is 2.26. The summed E-state index contributed by atoms with van der Waals surface area (Å²) < 4.78 is 27.1. The SMILES string of the molecule is CC(C(=O)NCCn1ccnc1)N(c1ccccc1)S(C)(=O)=O. The Bertz CT molecular complexity index is 729. The first kappa shape index (κ1) is 17.0. The smallest absolute Gasteiger partial charge is 0.243 e. The number of carbonyl (C=O) groups excluding carboxylic acids is 1. The molecule has 0 aliphatic carbocycles. The molecule has 2 rings (SSSR count). The summed E-state index contributed by atoms with van der Waals surface area (Å²) in [5.74, 6) is -0.348. The number of imidazole rings is 1. The van der Waals surface area contributed by atoms with Crippen LogP contribution in [0, 0.1) is 0 Å². The van der Waals surface area contributed by atoms with Crippen molar-refractivity contribution in [2.24, 2.45) is 0 Å². The molecule has 1 atom stereocenters. The number of benzene rings is 1. The molecule has 0 saturated carbocycles. The van der Waals surface area contributed by atoms with Crippen molar-refractivity contribution in [1.29, 1.82) is 0 Å². The van der Waals surface area contributed by atoms with E-state index in [4.69, 9.17) is 0 Å². The third-order valence-corrected chi connectivity index (χ3v) is 4.57. The topological polar surface area (TPSA) is 84.3 Å². The molecule has 23 heavy (non-hydrogen) atoms. The molecule has 0 fully saturated rings. The van der Waals surface area contributed by atoms with Crippen LogP contribution >= 0.6 is 0 Å². The predicted octanol–water partition coefficient (Wildman–Crippen LogP) is 0.854. The third kappa shape index (κ3) is 4.56. The molecule has 1 aromatic heterocycles. The van der Waals surface area contributed by atoms with Crippen molar-refractivity contribution in [3.63, 3.8) is 0 Å². The molecule has 0 bridgehead atoms. The summed E-state index contributed by atoms with van der Waals surface area (Å²) in [4.78, 5) is 16.2. The number of rotatable bonds is 7. The van der Waals surface area contributed by atoms with Gasteiger partial charge in [0.05, 0.1) is 18.3 Å². The van der Waals surface area contributed by atoms with E-state index in [0.717, 1.165) is 10.6 Å². The van der Waals surface area contributed by atoms with Crippen LogP contribution in [0.25, 0.3) is 0 Å². The van der Waals surface area contributed by atoms with E-state index < -0.39 is 16.1 Å². The summed E-state index contributed by atoms with van der Waals surface area (Å²) in [6, 6.07) is 7.75. The average molecular weight is 336 g/mol. The van der Waals surface area contributed by atoms with Gasteiger partial charge in [-0.25, -0.2) is 13.4 Å². The van der Waals surface area contributed by atoms with Crippen LogP contribution in [0.2, 0.25) is 0 Å². The molecule has 0 aliphatic heterocycles. The summed E-state index contributed by atoms with van der Waals surface area (Å²) in [5, 5.41) is 2.75. The van der Waals surface area contributed by atoms with Gasteiger partial charge in [0.1, 0.15) is 6.04 Å². The monoisotopic (exact) mass is 336 g/mol. The van der Waals surface area contributed by atoms with E-state index >= 15 is 0 Å². The molecule has 1 unspecified atom stereocenters. The highest BCUT2D eigenvalue weighted by Gasteiger charge is 2.28. The van der Waals surface area contributed by atoms with Gasteiger partial charge < -0.3 is 9.88 Å². The summed E-state index contributed by atoms with van der Waals surface area (Å²) >= 11 is 0. The van der Waals surface area contributed by atoms with E-state index in [9.17, 15) is 13.2 Å². The highest BCUT2D eigenvalue weighted by atomic mass is 32.2. The van der Waals surface area contributed by atoms with Crippen LogP contribution in [0.1, 0.15) is 6.92 Å². The van der Waals surface area contributed by atoms with Crippen molar-refractivity contribution in [1.82, 2.24) is 14.9 Å². The number of carbonyl (C=O) groups is 1. The van der Waals surface area contributed by atoms with Gasteiger partial charge in [0.25, 0.3) is 0 Å². The van der Waals surface area contributed by atoms with Gasteiger partial charge in [-0.3, -0.25) is 9.10 Å². The van der Waals surface area contributed by atoms with Crippen molar-refractivity contribution >= 4 is 21.6 Å². The van der Waals surface area contributed by atoms with Gasteiger partial charge in [-0.2, -0.15) is 0 Å². The van der Waals surface area contributed by atoms with Gasteiger partial charge in [0, 0.05) is 25.5 Å². The number of sulfonamides is 1. The van der Waals surface area contributed by atoms with Gasteiger partial charge in [-0.15, -0.1) is 0 Å². The Kier molecular flexibility index (Phi) is 5.38. The number of nitrogens with zero attached hydrogens (tertiary/aromatic N) is 3. The first-order valence-corrected chi connectivity index (χ1v) is 9.02. The number of anilines is 1. The van der Waals surface area contributed by atoms with Gasteiger partial charge in [-0.1, -0.05) is 18.2 Å². The van der Waals surface area contributed by atoms with Gasteiger partial charge in [-0.05, 0) is 19.1 Å². The highest BCUT2D eigenvalue weighted by molar-refractivity contribution is 7.92. The molecule has 7 nitrogen and oxygen atoms in total. The van der Waals surface area contributed by atoms with Crippen molar-refractivity contribution in [3.8, 4) is 0 Å². The van der Waals surface area contributed by atoms with E-state index in [2.05, 4.69) is 10.3 Å². The van der Waals surface area contributed by atoms with Crippen LogP contribution in [0.4, 0.5) is 5.69 Å². The summed E-state index contributed by atoms with van der Waals surface area (Å²) in [6.07, 6.45) is 6.20. The molecular formula is C15H20N4O3S. The Labute approximate surface area is 136 Å². The van der Waals surface area contributed by atoms with E-state index in [1.807, 2.05) is 4.57 Å². The summed E-state index contributed by atoms with van der Waals surface area (Å²) in [6.45, 7) is 2.54. The number of nitrogens with one attached hydrogen (secondary N) is 1. The maximum absolute atomic E-state index is 12.3. The molecule has 0 radical (unpaired) electrons. The molecule has 8 heteroatoms. The number of aromatic nitrogens is 2. The molecule has 1 heterocycles. The lowest BCUT2D eigenvalue weighted by molar-refractivity contribution is -0.121. The van der Waals surface area contributed by atoms with Crippen molar-refractivity contribution in [3.05, 3.63) is 49.1 Å². The fourth-order valence-corrected chi connectivity index (χ4v) is 3.43.